The van der Waals surface area contributed by atoms with Gasteiger partial charge >= 0.3 is 0 Å². The molecule has 210 valence electrons. The minimum absolute atomic E-state index is 0.0284. The molecule has 2 aromatic carbocycles. The van der Waals surface area contributed by atoms with Crippen LogP contribution in [0.2, 0.25) is 10.0 Å². The Morgan fingerprint density at radius 1 is 1.00 bits per heavy atom. The van der Waals surface area contributed by atoms with Gasteiger partial charge in [0.15, 0.2) is 0 Å². The summed E-state index contributed by atoms with van der Waals surface area (Å²) in [5.41, 5.74) is 3.13. The highest BCUT2D eigenvalue weighted by Crippen LogP contribution is 2.26. The largest absolute Gasteiger partial charge is 0.352 e. The number of sulfonamides is 1. The van der Waals surface area contributed by atoms with E-state index in [2.05, 4.69) is 5.32 Å². The molecule has 2 aromatic rings. The predicted molar refractivity (Wildman–Crippen MR) is 156 cm³/mol. The van der Waals surface area contributed by atoms with Gasteiger partial charge in [-0.2, -0.15) is 0 Å². The van der Waals surface area contributed by atoms with Gasteiger partial charge in [-0.1, -0.05) is 55.2 Å². The van der Waals surface area contributed by atoms with Crippen LogP contribution in [0.4, 0.5) is 5.69 Å². The Balaban J connectivity index is 2.29. The highest BCUT2D eigenvalue weighted by atomic mass is 35.5. The number of carbonyl (C=O) groups is 2. The van der Waals surface area contributed by atoms with Gasteiger partial charge in [-0.05, 0) is 74.9 Å². The smallest absolute Gasteiger partial charge is 0.243 e. The molecule has 0 bridgehead atoms. The molecule has 2 rings (SSSR count). The van der Waals surface area contributed by atoms with Crippen molar-refractivity contribution in [1.29, 1.82) is 0 Å². The minimum atomic E-state index is -3.57. The van der Waals surface area contributed by atoms with Crippen LogP contribution >= 0.6 is 23.2 Å². The first kappa shape index (κ1) is 31.9. The van der Waals surface area contributed by atoms with Gasteiger partial charge in [-0.25, -0.2) is 8.42 Å². The van der Waals surface area contributed by atoms with E-state index in [1.165, 1.54) is 10.6 Å². The molecule has 0 unspecified atom stereocenters. The third-order valence-electron chi connectivity index (χ3n) is 6.51. The van der Waals surface area contributed by atoms with Crippen LogP contribution in [0.3, 0.4) is 0 Å². The van der Waals surface area contributed by atoms with Gasteiger partial charge in [-0.15, -0.1) is 0 Å². The summed E-state index contributed by atoms with van der Waals surface area (Å²) >= 11 is 12.3. The number of hydrogen-bond acceptors (Lipinski definition) is 4. The van der Waals surface area contributed by atoms with Crippen LogP contribution in [0.1, 0.15) is 63.1 Å². The van der Waals surface area contributed by atoms with Crippen molar-refractivity contribution in [1.82, 2.24) is 10.2 Å². The summed E-state index contributed by atoms with van der Waals surface area (Å²) in [5, 5.41) is 3.75. The first-order valence-corrected chi connectivity index (χ1v) is 15.5. The molecule has 0 aromatic heterocycles. The Morgan fingerprint density at radius 2 is 1.68 bits per heavy atom. The van der Waals surface area contributed by atoms with E-state index in [9.17, 15) is 18.0 Å². The molecule has 0 fully saturated rings. The van der Waals surface area contributed by atoms with Crippen LogP contribution in [0.15, 0.2) is 36.4 Å². The summed E-state index contributed by atoms with van der Waals surface area (Å²) in [4.78, 5) is 28.3. The average molecular weight is 585 g/mol. The minimum Gasteiger partial charge on any atom is -0.352 e. The van der Waals surface area contributed by atoms with Crippen LogP contribution in [-0.2, 0) is 26.2 Å². The summed E-state index contributed by atoms with van der Waals surface area (Å²) in [7, 11) is -3.57. The van der Waals surface area contributed by atoms with Gasteiger partial charge in [0.2, 0.25) is 21.8 Å². The second-order valence-corrected chi connectivity index (χ2v) is 12.5. The maximum atomic E-state index is 13.6. The fraction of sp³-hybridized carbons (Fsp3) is 0.500. The fourth-order valence-corrected chi connectivity index (χ4v) is 5.50. The van der Waals surface area contributed by atoms with Crippen molar-refractivity contribution in [3.8, 4) is 0 Å². The molecule has 1 N–H and O–H groups in total. The normalized spacial score (nSPS) is 13.1. The molecule has 38 heavy (non-hydrogen) atoms. The van der Waals surface area contributed by atoms with Crippen molar-refractivity contribution >= 4 is 50.7 Å². The molecule has 7 nitrogen and oxygen atoms in total. The van der Waals surface area contributed by atoms with Crippen molar-refractivity contribution in [3.63, 3.8) is 0 Å². The molecule has 0 spiro atoms. The molecule has 10 heteroatoms. The standard InChI is InChI=1S/C28H39Cl2N3O4S/c1-7-21(5)31-28(35)25(8-2)32(18-22-13-14-23(29)24(30)17-22)27(34)10-9-15-33(38(6,36)37)26-16-19(3)11-12-20(26)4/h11-14,16-17,21,25H,7-10,15,18H2,1-6H3,(H,31,35)/t21-,25+/m1/s1. The van der Waals surface area contributed by atoms with Crippen LogP contribution in [0.5, 0.6) is 0 Å². The number of hydrogen-bond donors (Lipinski definition) is 1. The number of carbonyl (C=O) groups excluding carboxylic acids is 2. The lowest BCUT2D eigenvalue weighted by Gasteiger charge is -2.32. The molecule has 0 radical (unpaired) electrons. The summed E-state index contributed by atoms with van der Waals surface area (Å²) in [5.74, 6) is -0.458. The SMILES string of the molecule is CC[C@@H](C)NC(=O)[C@H](CC)N(Cc1ccc(Cl)c(Cl)c1)C(=O)CCCN(c1cc(C)ccc1C)S(C)(=O)=O. The highest BCUT2D eigenvalue weighted by molar-refractivity contribution is 7.92. The molecule has 0 saturated heterocycles. The van der Waals surface area contributed by atoms with Gasteiger partial charge in [0, 0.05) is 25.6 Å². The zero-order valence-corrected chi connectivity index (χ0v) is 25.4. The number of halogens is 2. The van der Waals surface area contributed by atoms with E-state index in [1.807, 2.05) is 52.8 Å². The average Bonchev–Trinajstić information content (AvgIpc) is 2.84. The first-order valence-electron chi connectivity index (χ1n) is 12.9. The lowest BCUT2D eigenvalue weighted by molar-refractivity contribution is -0.141. The van der Waals surface area contributed by atoms with Gasteiger partial charge in [-0.3, -0.25) is 13.9 Å². The zero-order valence-electron chi connectivity index (χ0n) is 23.1. The zero-order chi connectivity index (χ0) is 28.6. The van der Waals surface area contributed by atoms with Crippen molar-refractivity contribution in [2.45, 2.75) is 78.9 Å². The molecular weight excluding hydrogens is 545 g/mol. The van der Waals surface area contributed by atoms with E-state index in [0.29, 0.717) is 28.6 Å². The van der Waals surface area contributed by atoms with E-state index in [0.717, 1.165) is 23.1 Å². The number of amides is 2. The number of aryl methyl sites for hydroxylation is 2. The lowest BCUT2D eigenvalue weighted by Crippen LogP contribution is -2.50. The van der Waals surface area contributed by atoms with Gasteiger partial charge in [0.25, 0.3) is 0 Å². The third-order valence-corrected chi connectivity index (χ3v) is 8.43. The van der Waals surface area contributed by atoms with E-state index in [1.54, 1.807) is 23.1 Å². The lowest BCUT2D eigenvalue weighted by atomic mass is 10.1. The first-order chi connectivity index (χ1) is 17.8. The van der Waals surface area contributed by atoms with E-state index in [4.69, 9.17) is 23.2 Å². The quantitative estimate of drug-likeness (QED) is 0.319. The Hall–Kier alpha value is -2.29. The van der Waals surface area contributed by atoms with E-state index in [-0.39, 0.29) is 37.4 Å². The van der Waals surface area contributed by atoms with Crippen LogP contribution in [-0.4, -0.2) is 50.0 Å². The molecule has 0 heterocycles. The summed E-state index contributed by atoms with van der Waals surface area (Å²) < 4.78 is 26.6. The summed E-state index contributed by atoms with van der Waals surface area (Å²) in [6.07, 6.45) is 2.72. The van der Waals surface area contributed by atoms with Crippen molar-refractivity contribution in [2.75, 3.05) is 17.1 Å². The molecule has 0 saturated carbocycles. The van der Waals surface area contributed by atoms with E-state index < -0.39 is 16.1 Å². The fourth-order valence-electron chi connectivity index (χ4n) is 4.17. The number of nitrogens with one attached hydrogen (secondary N) is 1. The van der Waals surface area contributed by atoms with Crippen LogP contribution in [0.25, 0.3) is 0 Å². The summed E-state index contributed by atoms with van der Waals surface area (Å²) in [6.45, 7) is 9.85. The summed E-state index contributed by atoms with van der Waals surface area (Å²) in [6, 6.07) is 10.1. The highest BCUT2D eigenvalue weighted by Gasteiger charge is 2.29. The molecule has 2 atom stereocenters. The maximum absolute atomic E-state index is 13.6. The number of rotatable bonds is 13. The second-order valence-electron chi connectivity index (χ2n) is 9.74. The van der Waals surface area contributed by atoms with Gasteiger partial charge in [0.1, 0.15) is 6.04 Å². The monoisotopic (exact) mass is 583 g/mol. The third kappa shape index (κ3) is 8.89. The Bertz CT molecular complexity index is 1240. The van der Waals surface area contributed by atoms with Crippen molar-refractivity contribution in [2.24, 2.45) is 0 Å². The Labute approximate surface area is 237 Å². The van der Waals surface area contributed by atoms with Crippen LogP contribution in [0, 0.1) is 13.8 Å². The number of anilines is 1. The molecular formula is C28H39Cl2N3O4S. The number of nitrogens with zero attached hydrogens (tertiary/aromatic N) is 2. The Kier molecular flexibility index (Phi) is 11.9. The molecule has 0 aliphatic rings. The molecule has 0 aliphatic heterocycles. The number of benzene rings is 2. The van der Waals surface area contributed by atoms with Crippen LogP contribution < -0.4 is 9.62 Å². The molecule has 0 aliphatic carbocycles. The van der Waals surface area contributed by atoms with Crippen molar-refractivity contribution < 1.29 is 18.0 Å². The van der Waals surface area contributed by atoms with E-state index >= 15 is 0 Å². The topological polar surface area (TPSA) is 86.8 Å². The Morgan fingerprint density at radius 3 is 2.26 bits per heavy atom. The van der Waals surface area contributed by atoms with Gasteiger partial charge < -0.3 is 10.2 Å². The predicted octanol–water partition coefficient (Wildman–Crippen LogP) is 5.88. The second kappa shape index (κ2) is 14.2. The van der Waals surface area contributed by atoms with Crippen molar-refractivity contribution in [3.05, 3.63) is 63.1 Å². The molecule has 2 amide bonds. The van der Waals surface area contributed by atoms with Gasteiger partial charge in [0.05, 0.1) is 22.0 Å². The maximum Gasteiger partial charge on any atom is 0.243 e.